The molecule has 0 bridgehead atoms. The van der Waals surface area contributed by atoms with Crippen molar-refractivity contribution in [2.75, 3.05) is 20.8 Å². The van der Waals surface area contributed by atoms with Crippen LogP contribution >= 0.6 is 0 Å². The summed E-state index contributed by atoms with van der Waals surface area (Å²) in [4.78, 5) is 27.1. The van der Waals surface area contributed by atoms with Gasteiger partial charge in [-0.05, 0) is 55.2 Å². The molecule has 2 rings (SSSR count). The second-order valence-electron chi connectivity index (χ2n) is 6.90. The number of amides is 2. The van der Waals surface area contributed by atoms with Gasteiger partial charge in [-0.15, -0.1) is 0 Å². The molecule has 0 aliphatic heterocycles. The molecule has 0 aliphatic carbocycles. The van der Waals surface area contributed by atoms with Crippen LogP contribution in [0.2, 0.25) is 0 Å². The Hall–Kier alpha value is -3.02. The first-order valence-corrected chi connectivity index (χ1v) is 9.74. The van der Waals surface area contributed by atoms with Gasteiger partial charge in [-0.3, -0.25) is 9.59 Å². The fourth-order valence-corrected chi connectivity index (χ4v) is 3.16. The van der Waals surface area contributed by atoms with Gasteiger partial charge in [0.1, 0.15) is 17.5 Å². The van der Waals surface area contributed by atoms with Gasteiger partial charge in [0.2, 0.25) is 5.91 Å². The van der Waals surface area contributed by atoms with Crippen molar-refractivity contribution in [3.63, 3.8) is 0 Å². The second-order valence-corrected chi connectivity index (χ2v) is 6.90. The number of nitrogens with one attached hydrogen (secondary N) is 1. The molecule has 2 amide bonds. The highest BCUT2D eigenvalue weighted by molar-refractivity contribution is 5.88. The molecule has 2 aromatic rings. The zero-order chi connectivity index (χ0) is 21.4. The monoisotopic (exact) mass is 398 g/mol. The van der Waals surface area contributed by atoms with Crippen LogP contribution in [0.25, 0.3) is 0 Å². The summed E-state index contributed by atoms with van der Waals surface area (Å²) in [6, 6.07) is 12.6. The molecule has 0 saturated carbocycles. The van der Waals surface area contributed by atoms with Crippen LogP contribution in [0.5, 0.6) is 11.5 Å². The van der Waals surface area contributed by atoms with Gasteiger partial charge in [-0.1, -0.05) is 31.2 Å². The van der Waals surface area contributed by atoms with E-state index in [2.05, 4.69) is 5.32 Å². The highest BCUT2D eigenvalue weighted by Crippen LogP contribution is 2.21. The van der Waals surface area contributed by atoms with Crippen LogP contribution in [0, 0.1) is 13.8 Å². The summed E-state index contributed by atoms with van der Waals surface area (Å²) < 4.78 is 11.1. The molecule has 1 N–H and O–H groups in total. The molecular formula is C23H30N2O4. The summed E-state index contributed by atoms with van der Waals surface area (Å²) in [6.07, 6.45) is 0.499. The first-order valence-electron chi connectivity index (χ1n) is 9.74. The average molecular weight is 399 g/mol. The smallest absolute Gasteiger partial charge is 0.261 e. The molecule has 0 spiro atoms. The van der Waals surface area contributed by atoms with E-state index in [9.17, 15) is 9.59 Å². The van der Waals surface area contributed by atoms with Crippen molar-refractivity contribution < 1.29 is 19.1 Å². The van der Waals surface area contributed by atoms with E-state index in [0.29, 0.717) is 17.9 Å². The number of methoxy groups -OCH3 is 1. The fourth-order valence-electron chi connectivity index (χ4n) is 3.16. The Balaban J connectivity index is 2.23. The van der Waals surface area contributed by atoms with E-state index in [0.717, 1.165) is 16.7 Å². The molecule has 1 atom stereocenters. The van der Waals surface area contributed by atoms with Crippen LogP contribution in [0.1, 0.15) is 30.0 Å². The van der Waals surface area contributed by atoms with Gasteiger partial charge in [0, 0.05) is 13.6 Å². The topological polar surface area (TPSA) is 67.9 Å². The van der Waals surface area contributed by atoms with Crippen molar-refractivity contribution >= 4 is 11.8 Å². The Morgan fingerprint density at radius 1 is 1.14 bits per heavy atom. The summed E-state index contributed by atoms with van der Waals surface area (Å²) in [5.41, 5.74) is 2.98. The van der Waals surface area contributed by atoms with Crippen molar-refractivity contribution in [3.05, 3.63) is 59.2 Å². The molecule has 156 valence electrons. The molecule has 6 nitrogen and oxygen atoms in total. The lowest BCUT2D eigenvalue weighted by Crippen LogP contribution is -2.49. The van der Waals surface area contributed by atoms with Gasteiger partial charge in [-0.25, -0.2) is 0 Å². The lowest BCUT2D eigenvalue weighted by molar-refractivity contribution is -0.142. The number of aryl methyl sites for hydroxylation is 1. The van der Waals surface area contributed by atoms with Gasteiger partial charge >= 0.3 is 0 Å². The van der Waals surface area contributed by atoms with E-state index >= 15 is 0 Å². The minimum absolute atomic E-state index is 0.137. The van der Waals surface area contributed by atoms with Crippen LogP contribution in [-0.2, 0) is 16.1 Å². The van der Waals surface area contributed by atoms with Crippen LogP contribution < -0.4 is 14.8 Å². The molecule has 0 aliphatic rings. The number of likely N-dealkylation sites (N-methyl/N-ethyl adjacent to an activating group) is 1. The lowest BCUT2D eigenvalue weighted by atomic mass is 10.1. The molecule has 6 heteroatoms. The summed E-state index contributed by atoms with van der Waals surface area (Å²) >= 11 is 0. The lowest BCUT2D eigenvalue weighted by Gasteiger charge is -2.30. The van der Waals surface area contributed by atoms with Crippen LogP contribution in [-0.4, -0.2) is 43.5 Å². The molecule has 1 unspecified atom stereocenters. The van der Waals surface area contributed by atoms with Crippen molar-refractivity contribution in [2.45, 2.75) is 39.8 Å². The maximum atomic E-state index is 13.1. The first kappa shape index (κ1) is 22.3. The van der Waals surface area contributed by atoms with Gasteiger partial charge in [-0.2, -0.15) is 0 Å². The van der Waals surface area contributed by atoms with Gasteiger partial charge in [0.05, 0.1) is 7.11 Å². The molecule has 0 saturated heterocycles. The van der Waals surface area contributed by atoms with E-state index in [-0.39, 0.29) is 25.0 Å². The number of nitrogens with zero attached hydrogens (tertiary/aromatic N) is 1. The number of ether oxygens (including phenoxy) is 2. The molecule has 0 radical (unpaired) electrons. The molecule has 0 aromatic heterocycles. The summed E-state index contributed by atoms with van der Waals surface area (Å²) in [5.74, 6) is 0.932. The largest absolute Gasteiger partial charge is 0.497 e. The Labute approximate surface area is 172 Å². The molecular weight excluding hydrogens is 368 g/mol. The number of benzene rings is 2. The van der Waals surface area contributed by atoms with Crippen LogP contribution in [0.15, 0.2) is 42.5 Å². The standard InChI is InChI=1S/C23H30N2O4/c1-6-20(23(27)24-4)25(14-18-10-8-11-19(13-18)28-5)22(26)15-29-21-12-7-9-16(2)17(21)3/h7-13,20H,6,14-15H2,1-5H3,(H,24,27). The SMILES string of the molecule is CCC(C(=O)NC)N(Cc1cccc(OC)c1)C(=O)COc1cccc(C)c1C. The Morgan fingerprint density at radius 3 is 2.52 bits per heavy atom. The van der Waals surface area contributed by atoms with E-state index in [1.54, 1.807) is 19.1 Å². The predicted molar refractivity (Wildman–Crippen MR) is 113 cm³/mol. The summed E-state index contributed by atoms with van der Waals surface area (Å²) in [5, 5.41) is 2.65. The highest BCUT2D eigenvalue weighted by Gasteiger charge is 2.28. The normalized spacial score (nSPS) is 11.5. The van der Waals surface area contributed by atoms with Gasteiger partial charge in [0.25, 0.3) is 5.91 Å². The number of hydrogen-bond donors (Lipinski definition) is 1. The Kier molecular flexibility index (Phi) is 8.07. The van der Waals surface area contributed by atoms with Crippen molar-refractivity contribution in [3.8, 4) is 11.5 Å². The van der Waals surface area contributed by atoms with E-state index < -0.39 is 6.04 Å². The zero-order valence-electron chi connectivity index (χ0n) is 17.8. The van der Waals surface area contributed by atoms with E-state index in [1.807, 2.05) is 63.2 Å². The first-order chi connectivity index (χ1) is 13.9. The highest BCUT2D eigenvalue weighted by atomic mass is 16.5. The molecule has 0 heterocycles. The number of carbonyl (C=O) groups is 2. The average Bonchev–Trinajstić information content (AvgIpc) is 2.74. The Bertz CT molecular complexity index is 851. The zero-order valence-corrected chi connectivity index (χ0v) is 17.8. The quantitative estimate of drug-likeness (QED) is 0.704. The third kappa shape index (κ3) is 5.73. The van der Waals surface area contributed by atoms with Crippen molar-refractivity contribution in [1.29, 1.82) is 0 Å². The summed E-state index contributed by atoms with van der Waals surface area (Å²) in [6.45, 7) is 6.00. The van der Waals surface area contributed by atoms with Crippen LogP contribution in [0.4, 0.5) is 0 Å². The number of carbonyl (C=O) groups excluding carboxylic acids is 2. The summed E-state index contributed by atoms with van der Waals surface area (Å²) in [7, 11) is 3.17. The van der Waals surface area contributed by atoms with E-state index in [1.165, 1.54) is 0 Å². The van der Waals surface area contributed by atoms with E-state index in [4.69, 9.17) is 9.47 Å². The third-order valence-corrected chi connectivity index (χ3v) is 5.03. The number of hydrogen-bond acceptors (Lipinski definition) is 4. The van der Waals surface area contributed by atoms with Crippen LogP contribution in [0.3, 0.4) is 0 Å². The minimum atomic E-state index is -0.582. The molecule has 29 heavy (non-hydrogen) atoms. The number of rotatable bonds is 9. The fraction of sp³-hybridized carbons (Fsp3) is 0.391. The van der Waals surface area contributed by atoms with Crippen molar-refractivity contribution in [2.24, 2.45) is 0 Å². The maximum absolute atomic E-state index is 13.1. The van der Waals surface area contributed by atoms with Gasteiger partial charge in [0.15, 0.2) is 6.61 Å². The molecule has 0 fully saturated rings. The Morgan fingerprint density at radius 2 is 1.86 bits per heavy atom. The maximum Gasteiger partial charge on any atom is 0.261 e. The third-order valence-electron chi connectivity index (χ3n) is 5.03. The predicted octanol–water partition coefficient (Wildman–Crippen LogP) is 3.24. The minimum Gasteiger partial charge on any atom is -0.497 e. The molecule has 2 aromatic carbocycles. The van der Waals surface area contributed by atoms with Crippen molar-refractivity contribution in [1.82, 2.24) is 10.2 Å². The van der Waals surface area contributed by atoms with Gasteiger partial charge < -0.3 is 19.7 Å². The second kappa shape index (κ2) is 10.5.